The molecule has 31 heavy (non-hydrogen) atoms. The van der Waals surface area contributed by atoms with Crippen LogP contribution in [-0.2, 0) is 6.54 Å². The molecule has 3 heterocycles. The van der Waals surface area contributed by atoms with Gasteiger partial charge in [0.25, 0.3) is 11.5 Å². The van der Waals surface area contributed by atoms with Gasteiger partial charge < -0.3 is 15.0 Å². The Kier molecular flexibility index (Phi) is 6.22. The van der Waals surface area contributed by atoms with Gasteiger partial charge in [0.1, 0.15) is 11.3 Å². The monoisotopic (exact) mass is 441 g/mol. The van der Waals surface area contributed by atoms with Crippen molar-refractivity contribution >= 4 is 27.3 Å². The second-order valence-corrected chi connectivity index (χ2v) is 9.18. The highest BCUT2D eigenvalue weighted by Crippen LogP contribution is 2.26. The fraction of sp³-hybridized carbons (Fsp3) is 0.455. The summed E-state index contributed by atoms with van der Waals surface area (Å²) in [5.41, 5.74) is 0.450. The Morgan fingerprint density at radius 2 is 2.10 bits per heavy atom. The van der Waals surface area contributed by atoms with Crippen molar-refractivity contribution in [3.8, 4) is 5.75 Å². The number of hydrogen-bond acceptors (Lipinski definition) is 7. The predicted octanol–water partition coefficient (Wildman–Crippen LogP) is 3.10. The van der Waals surface area contributed by atoms with Gasteiger partial charge in [-0.2, -0.15) is 4.52 Å². The Hall–Kier alpha value is -2.94. The standard InChI is InChI=1S/C22H27N5O3S/c1-14(2)30-17-8-6-16(7-9-17)11-23-19(28)18-12-24-21-27(20(18)29)25-22(31-21)26-10-4-5-15(3)13-26/h6-9,12,14-15H,4-5,10-11,13H2,1-3H3,(H,23,28). The molecule has 2 aromatic heterocycles. The predicted molar refractivity (Wildman–Crippen MR) is 121 cm³/mol. The maximum Gasteiger partial charge on any atom is 0.288 e. The molecule has 1 aliphatic heterocycles. The molecule has 9 heteroatoms. The minimum absolute atomic E-state index is 0.0128. The zero-order valence-electron chi connectivity index (χ0n) is 18.0. The number of benzene rings is 1. The third-order valence-corrected chi connectivity index (χ3v) is 6.18. The molecule has 1 aromatic carbocycles. The van der Waals surface area contributed by atoms with Crippen molar-refractivity contribution in [2.24, 2.45) is 5.92 Å². The Bertz CT molecular complexity index is 1120. The summed E-state index contributed by atoms with van der Waals surface area (Å²) in [6.45, 7) is 8.30. The summed E-state index contributed by atoms with van der Waals surface area (Å²) in [4.78, 5) is 32.5. The van der Waals surface area contributed by atoms with E-state index >= 15 is 0 Å². The summed E-state index contributed by atoms with van der Waals surface area (Å²) >= 11 is 1.38. The van der Waals surface area contributed by atoms with E-state index in [0.717, 1.165) is 36.0 Å². The molecule has 8 nitrogen and oxygen atoms in total. The van der Waals surface area contributed by atoms with Gasteiger partial charge in [-0.25, -0.2) is 4.98 Å². The van der Waals surface area contributed by atoms with Crippen LogP contribution in [0.3, 0.4) is 0 Å². The van der Waals surface area contributed by atoms with Crippen molar-refractivity contribution < 1.29 is 9.53 Å². The van der Waals surface area contributed by atoms with Gasteiger partial charge in [-0.05, 0) is 50.3 Å². The maximum absolute atomic E-state index is 12.9. The van der Waals surface area contributed by atoms with Crippen molar-refractivity contribution in [1.82, 2.24) is 19.9 Å². The van der Waals surface area contributed by atoms with E-state index in [1.807, 2.05) is 38.1 Å². The number of rotatable bonds is 6. The van der Waals surface area contributed by atoms with Crippen LogP contribution in [-0.4, -0.2) is 39.7 Å². The SMILES string of the molecule is CC1CCCN(c2nn3c(=O)c(C(=O)NCc4ccc(OC(C)C)cc4)cnc3s2)C1. The van der Waals surface area contributed by atoms with Crippen molar-refractivity contribution in [2.75, 3.05) is 18.0 Å². The lowest BCUT2D eigenvalue weighted by atomic mass is 10.0. The molecule has 0 bridgehead atoms. The highest BCUT2D eigenvalue weighted by atomic mass is 32.1. The fourth-order valence-electron chi connectivity index (χ4n) is 3.66. The number of fused-ring (bicyclic) bond motifs is 1. The number of aromatic nitrogens is 3. The van der Waals surface area contributed by atoms with Crippen LogP contribution in [0.1, 0.15) is 49.5 Å². The van der Waals surface area contributed by atoms with E-state index in [0.29, 0.717) is 17.4 Å². The lowest BCUT2D eigenvalue weighted by Gasteiger charge is -2.30. The molecule has 1 atom stereocenters. The van der Waals surface area contributed by atoms with Gasteiger partial charge in [0, 0.05) is 25.8 Å². The van der Waals surface area contributed by atoms with Crippen LogP contribution >= 0.6 is 11.3 Å². The molecule has 1 N–H and O–H groups in total. The average molecular weight is 442 g/mol. The number of ether oxygens (including phenoxy) is 1. The molecular formula is C22H27N5O3S. The Morgan fingerprint density at radius 3 is 2.81 bits per heavy atom. The highest BCUT2D eigenvalue weighted by Gasteiger charge is 2.22. The molecule has 0 spiro atoms. The van der Waals surface area contributed by atoms with Gasteiger partial charge in [-0.3, -0.25) is 9.59 Å². The van der Waals surface area contributed by atoms with E-state index in [4.69, 9.17) is 4.74 Å². The topological polar surface area (TPSA) is 88.8 Å². The molecular weight excluding hydrogens is 414 g/mol. The largest absolute Gasteiger partial charge is 0.491 e. The first-order valence-corrected chi connectivity index (χ1v) is 11.4. The average Bonchev–Trinajstić information content (AvgIpc) is 3.18. The lowest BCUT2D eigenvalue weighted by molar-refractivity contribution is 0.0948. The number of hydrogen-bond donors (Lipinski definition) is 1. The summed E-state index contributed by atoms with van der Waals surface area (Å²) in [6.07, 6.45) is 3.76. The van der Waals surface area contributed by atoms with Gasteiger partial charge in [-0.15, -0.1) is 5.10 Å². The molecule has 1 amide bonds. The van der Waals surface area contributed by atoms with Crippen molar-refractivity contribution in [1.29, 1.82) is 0 Å². The summed E-state index contributed by atoms with van der Waals surface area (Å²) in [5, 5.41) is 8.02. The molecule has 0 radical (unpaired) electrons. The Morgan fingerprint density at radius 1 is 1.32 bits per heavy atom. The normalized spacial score (nSPS) is 16.6. The number of nitrogens with one attached hydrogen (secondary N) is 1. The summed E-state index contributed by atoms with van der Waals surface area (Å²) in [6, 6.07) is 7.50. The molecule has 3 aromatic rings. The summed E-state index contributed by atoms with van der Waals surface area (Å²) in [5.74, 6) is 0.911. The highest BCUT2D eigenvalue weighted by molar-refractivity contribution is 7.20. The van der Waals surface area contributed by atoms with E-state index in [1.165, 1.54) is 28.5 Å². The lowest BCUT2D eigenvalue weighted by Crippen LogP contribution is -2.34. The molecule has 1 saturated heterocycles. The smallest absolute Gasteiger partial charge is 0.288 e. The minimum atomic E-state index is -0.462. The Labute approximate surface area is 184 Å². The third-order valence-electron chi connectivity index (χ3n) is 5.20. The minimum Gasteiger partial charge on any atom is -0.491 e. The molecule has 1 fully saturated rings. The van der Waals surface area contributed by atoms with E-state index < -0.39 is 11.5 Å². The van der Waals surface area contributed by atoms with Gasteiger partial charge in [0.2, 0.25) is 10.1 Å². The number of amides is 1. The van der Waals surface area contributed by atoms with E-state index in [-0.39, 0.29) is 11.7 Å². The Balaban J connectivity index is 1.46. The van der Waals surface area contributed by atoms with Crippen molar-refractivity contribution in [3.05, 3.63) is 51.9 Å². The van der Waals surface area contributed by atoms with E-state index in [1.54, 1.807) is 0 Å². The van der Waals surface area contributed by atoms with E-state index in [2.05, 4.69) is 27.2 Å². The van der Waals surface area contributed by atoms with Crippen LogP contribution in [0.4, 0.5) is 5.13 Å². The quantitative estimate of drug-likeness (QED) is 0.632. The van der Waals surface area contributed by atoms with Crippen LogP contribution in [0.15, 0.2) is 35.3 Å². The first-order chi connectivity index (χ1) is 14.9. The van der Waals surface area contributed by atoms with Crippen LogP contribution in [0.25, 0.3) is 4.96 Å². The van der Waals surface area contributed by atoms with Crippen LogP contribution < -0.4 is 20.5 Å². The second kappa shape index (κ2) is 9.05. The first kappa shape index (κ1) is 21.3. The summed E-state index contributed by atoms with van der Waals surface area (Å²) < 4.78 is 6.87. The van der Waals surface area contributed by atoms with Crippen LogP contribution in [0, 0.1) is 5.92 Å². The second-order valence-electron chi connectivity index (χ2n) is 8.24. The van der Waals surface area contributed by atoms with Gasteiger partial charge in [0.15, 0.2) is 0 Å². The van der Waals surface area contributed by atoms with Gasteiger partial charge in [0.05, 0.1) is 6.10 Å². The van der Waals surface area contributed by atoms with E-state index in [9.17, 15) is 9.59 Å². The number of carbonyl (C=O) groups excluding carboxylic acids is 1. The number of carbonyl (C=O) groups is 1. The molecule has 0 aliphatic carbocycles. The van der Waals surface area contributed by atoms with Crippen molar-refractivity contribution in [2.45, 2.75) is 46.3 Å². The number of piperidine rings is 1. The molecule has 1 aliphatic rings. The maximum atomic E-state index is 12.9. The van der Waals surface area contributed by atoms with Gasteiger partial charge >= 0.3 is 0 Å². The number of nitrogens with zero attached hydrogens (tertiary/aromatic N) is 4. The molecule has 1 unspecified atom stereocenters. The van der Waals surface area contributed by atoms with Crippen molar-refractivity contribution in [3.63, 3.8) is 0 Å². The number of anilines is 1. The third kappa shape index (κ3) is 4.87. The van der Waals surface area contributed by atoms with Crippen LogP contribution in [0.2, 0.25) is 0 Å². The van der Waals surface area contributed by atoms with Crippen LogP contribution in [0.5, 0.6) is 5.75 Å². The zero-order valence-corrected chi connectivity index (χ0v) is 18.8. The zero-order chi connectivity index (χ0) is 22.0. The van der Waals surface area contributed by atoms with Gasteiger partial charge in [-0.1, -0.05) is 30.4 Å². The molecule has 0 saturated carbocycles. The molecule has 4 rings (SSSR count). The fourth-order valence-corrected chi connectivity index (χ4v) is 4.55. The first-order valence-electron chi connectivity index (χ1n) is 10.6. The summed E-state index contributed by atoms with van der Waals surface area (Å²) in [7, 11) is 0. The molecule has 164 valence electrons.